The zero-order chi connectivity index (χ0) is 23.5. The number of aryl methyl sites for hydroxylation is 2. The van der Waals surface area contributed by atoms with Crippen molar-refractivity contribution in [2.24, 2.45) is 5.92 Å². The van der Waals surface area contributed by atoms with Crippen molar-refractivity contribution in [3.63, 3.8) is 0 Å². The molecule has 1 N–H and O–H groups in total. The Kier molecular flexibility index (Phi) is 6.49. The van der Waals surface area contributed by atoms with Crippen LogP contribution < -0.4 is 10.1 Å². The molecule has 7 nitrogen and oxygen atoms in total. The maximum Gasteiger partial charge on any atom is 0.246 e. The Labute approximate surface area is 194 Å². The lowest BCUT2D eigenvalue weighted by Gasteiger charge is -2.20. The van der Waals surface area contributed by atoms with Gasteiger partial charge in [0, 0.05) is 29.9 Å². The molecule has 0 atom stereocenters. The summed E-state index contributed by atoms with van der Waals surface area (Å²) < 4.78 is 7.13. The molecular formula is C26H30N4O3. The lowest BCUT2D eigenvalue weighted by molar-refractivity contribution is -0.135. The van der Waals surface area contributed by atoms with Crippen LogP contribution in [0.5, 0.6) is 5.75 Å². The zero-order valence-corrected chi connectivity index (χ0v) is 19.6. The van der Waals surface area contributed by atoms with E-state index in [1.54, 1.807) is 12.0 Å². The molecule has 1 heterocycles. The second-order valence-electron chi connectivity index (χ2n) is 8.49. The summed E-state index contributed by atoms with van der Waals surface area (Å²) >= 11 is 0. The number of nitrogens with zero attached hydrogens (tertiary/aromatic N) is 3. The van der Waals surface area contributed by atoms with Gasteiger partial charge in [-0.05, 0) is 81.1 Å². The zero-order valence-electron chi connectivity index (χ0n) is 19.6. The molecule has 0 saturated heterocycles. The predicted octanol–water partition coefficient (Wildman–Crippen LogP) is 4.36. The molecule has 33 heavy (non-hydrogen) atoms. The van der Waals surface area contributed by atoms with Crippen molar-refractivity contribution in [2.45, 2.75) is 33.6 Å². The first-order chi connectivity index (χ1) is 15.9. The Hall–Kier alpha value is -3.61. The standard InChI is InChI=1S/C26H30N4O3/c1-5-29(25(32)20-7-8-20)16-24(31)28-26-27-23(19-9-12-22(33-4)13-10-19)15-30(26)21-11-6-17(2)18(3)14-21/h6,9-15,20H,5,7-8,16H2,1-4H3,(H,27,28,31). The van der Waals surface area contributed by atoms with Gasteiger partial charge in [-0.25, -0.2) is 4.98 Å². The number of rotatable bonds is 8. The molecule has 1 fully saturated rings. The SMILES string of the molecule is CCN(CC(=O)Nc1nc(-c2ccc(OC)cc2)cn1-c1ccc(C)c(C)c1)C(=O)C1CC1. The molecule has 1 saturated carbocycles. The molecule has 0 radical (unpaired) electrons. The van der Waals surface area contributed by atoms with Gasteiger partial charge in [0.05, 0.1) is 19.3 Å². The molecule has 2 amide bonds. The average Bonchev–Trinajstić information content (AvgIpc) is 3.59. The van der Waals surface area contributed by atoms with Gasteiger partial charge in [0.25, 0.3) is 0 Å². The molecule has 2 aromatic carbocycles. The molecule has 3 aromatic rings. The summed E-state index contributed by atoms with van der Waals surface area (Å²) in [5.41, 5.74) is 4.89. The second kappa shape index (κ2) is 9.48. The summed E-state index contributed by atoms with van der Waals surface area (Å²) in [6.07, 6.45) is 3.74. The molecule has 0 aliphatic heterocycles. The van der Waals surface area contributed by atoms with Gasteiger partial charge in [-0.1, -0.05) is 6.07 Å². The first kappa shape index (κ1) is 22.6. The highest BCUT2D eigenvalue weighted by Gasteiger charge is 2.33. The number of ether oxygens (including phenoxy) is 1. The average molecular weight is 447 g/mol. The van der Waals surface area contributed by atoms with Gasteiger partial charge < -0.3 is 9.64 Å². The number of imidazole rings is 1. The summed E-state index contributed by atoms with van der Waals surface area (Å²) in [5.74, 6) is 1.06. The van der Waals surface area contributed by atoms with Gasteiger partial charge in [-0.15, -0.1) is 0 Å². The van der Waals surface area contributed by atoms with Crippen molar-refractivity contribution in [1.82, 2.24) is 14.5 Å². The van der Waals surface area contributed by atoms with E-state index >= 15 is 0 Å². The molecule has 0 bridgehead atoms. The summed E-state index contributed by atoms with van der Waals surface area (Å²) in [4.78, 5) is 31.7. The van der Waals surface area contributed by atoms with Gasteiger partial charge in [-0.3, -0.25) is 19.5 Å². The monoisotopic (exact) mass is 446 g/mol. The van der Waals surface area contributed by atoms with Crippen LogP contribution in [0, 0.1) is 19.8 Å². The lowest BCUT2D eigenvalue weighted by atomic mass is 10.1. The molecule has 1 aromatic heterocycles. The van der Waals surface area contributed by atoms with Crippen LogP contribution in [-0.4, -0.2) is 46.5 Å². The van der Waals surface area contributed by atoms with Crippen LogP contribution in [0.3, 0.4) is 0 Å². The fourth-order valence-electron chi connectivity index (χ4n) is 3.71. The summed E-state index contributed by atoms with van der Waals surface area (Å²) in [7, 11) is 1.63. The number of likely N-dealkylation sites (N-methyl/N-ethyl adjacent to an activating group) is 1. The molecule has 0 spiro atoms. The minimum atomic E-state index is -0.261. The first-order valence-electron chi connectivity index (χ1n) is 11.3. The van der Waals surface area contributed by atoms with E-state index in [0.29, 0.717) is 12.5 Å². The van der Waals surface area contributed by atoms with Crippen LogP contribution >= 0.6 is 0 Å². The number of benzene rings is 2. The van der Waals surface area contributed by atoms with Crippen molar-refractivity contribution in [3.8, 4) is 22.7 Å². The Morgan fingerprint density at radius 3 is 2.45 bits per heavy atom. The van der Waals surface area contributed by atoms with Gasteiger partial charge in [0.15, 0.2) is 0 Å². The van der Waals surface area contributed by atoms with E-state index in [1.807, 2.05) is 48.0 Å². The number of hydrogen-bond acceptors (Lipinski definition) is 4. The Morgan fingerprint density at radius 2 is 1.85 bits per heavy atom. The van der Waals surface area contributed by atoms with Crippen LogP contribution in [-0.2, 0) is 9.59 Å². The minimum absolute atomic E-state index is 0.0173. The Balaban J connectivity index is 1.64. The fraction of sp³-hybridized carbons (Fsp3) is 0.346. The number of anilines is 1. The highest BCUT2D eigenvalue weighted by molar-refractivity contribution is 5.94. The van der Waals surface area contributed by atoms with E-state index in [-0.39, 0.29) is 24.3 Å². The van der Waals surface area contributed by atoms with E-state index in [4.69, 9.17) is 9.72 Å². The maximum atomic E-state index is 12.9. The largest absolute Gasteiger partial charge is 0.497 e. The second-order valence-corrected chi connectivity index (χ2v) is 8.49. The van der Waals surface area contributed by atoms with Crippen LogP contribution in [0.2, 0.25) is 0 Å². The first-order valence-corrected chi connectivity index (χ1v) is 11.3. The van der Waals surface area contributed by atoms with Crippen molar-refractivity contribution in [1.29, 1.82) is 0 Å². The summed E-state index contributed by atoms with van der Waals surface area (Å²) in [6, 6.07) is 13.8. The number of carbonyl (C=O) groups excluding carboxylic acids is 2. The van der Waals surface area contributed by atoms with Gasteiger partial charge in [0.2, 0.25) is 17.8 Å². The normalized spacial score (nSPS) is 13.0. The molecule has 7 heteroatoms. The van der Waals surface area contributed by atoms with Gasteiger partial charge in [0.1, 0.15) is 5.75 Å². The number of nitrogens with one attached hydrogen (secondary N) is 1. The third kappa shape index (κ3) is 5.08. The molecular weight excluding hydrogens is 416 g/mol. The Bertz CT molecular complexity index is 1160. The smallest absolute Gasteiger partial charge is 0.246 e. The number of amides is 2. The fourth-order valence-corrected chi connectivity index (χ4v) is 3.71. The summed E-state index contributed by atoms with van der Waals surface area (Å²) in [5, 5.41) is 2.93. The highest BCUT2D eigenvalue weighted by atomic mass is 16.5. The third-order valence-corrected chi connectivity index (χ3v) is 6.07. The van der Waals surface area contributed by atoms with E-state index in [9.17, 15) is 9.59 Å². The highest BCUT2D eigenvalue weighted by Crippen LogP contribution is 2.31. The van der Waals surface area contributed by atoms with Crippen molar-refractivity contribution in [2.75, 3.05) is 25.5 Å². The number of carbonyl (C=O) groups is 2. The quantitative estimate of drug-likeness (QED) is 0.558. The van der Waals surface area contributed by atoms with Crippen LogP contribution in [0.1, 0.15) is 30.9 Å². The molecule has 0 unspecified atom stereocenters. The van der Waals surface area contributed by atoms with E-state index in [1.165, 1.54) is 5.56 Å². The maximum absolute atomic E-state index is 12.9. The van der Waals surface area contributed by atoms with E-state index < -0.39 is 0 Å². The number of hydrogen-bond donors (Lipinski definition) is 1. The van der Waals surface area contributed by atoms with Gasteiger partial charge >= 0.3 is 0 Å². The molecule has 4 rings (SSSR count). The number of aromatic nitrogens is 2. The lowest BCUT2D eigenvalue weighted by Crippen LogP contribution is -2.39. The van der Waals surface area contributed by atoms with E-state index in [0.717, 1.165) is 41.1 Å². The van der Waals surface area contributed by atoms with Crippen LogP contribution in [0.15, 0.2) is 48.7 Å². The molecule has 1 aliphatic carbocycles. The van der Waals surface area contributed by atoms with Crippen molar-refractivity contribution < 1.29 is 14.3 Å². The third-order valence-electron chi connectivity index (χ3n) is 6.07. The van der Waals surface area contributed by atoms with Crippen LogP contribution in [0.25, 0.3) is 16.9 Å². The topological polar surface area (TPSA) is 76.5 Å². The molecule has 172 valence electrons. The number of methoxy groups -OCH3 is 1. The van der Waals surface area contributed by atoms with Crippen molar-refractivity contribution in [3.05, 3.63) is 59.8 Å². The molecule has 1 aliphatic rings. The minimum Gasteiger partial charge on any atom is -0.497 e. The van der Waals surface area contributed by atoms with Gasteiger partial charge in [-0.2, -0.15) is 0 Å². The summed E-state index contributed by atoms with van der Waals surface area (Å²) in [6.45, 7) is 6.54. The predicted molar refractivity (Wildman–Crippen MR) is 129 cm³/mol. The van der Waals surface area contributed by atoms with E-state index in [2.05, 4.69) is 31.3 Å². The van der Waals surface area contributed by atoms with Crippen LogP contribution in [0.4, 0.5) is 5.95 Å². The Morgan fingerprint density at radius 1 is 1.12 bits per heavy atom. The van der Waals surface area contributed by atoms with Crippen molar-refractivity contribution >= 4 is 17.8 Å².